The summed E-state index contributed by atoms with van der Waals surface area (Å²) in [4.78, 5) is 18.2. The standard InChI is InChI=1S/C17H23F3N4O/c1-4-17(2)7-8-24(10-17)16(21-3)22-9-13(25)23-12-6-5-11(18)14(19)15(12)20/h5-6H,4,7-10H2,1-3H3,(H,21,22)(H,23,25). The second-order valence-electron chi connectivity index (χ2n) is 6.51. The molecule has 2 N–H and O–H groups in total. The van der Waals surface area contributed by atoms with Gasteiger partial charge in [-0.2, -0.15) is 0 Å². The largest absolute Gasteiger partial charge is 0.347 e. The third-order valence-electron chi connectivity index (χ3n) is 4.64. The number of carbonyl (C=O) groups is 1. The van der Waals surface area contributed by atoms with Crippen molar-refractivity contribution in [3.05, 3.63) is 29.6 Å². The summed E-state index contributed by atoms with van der Waals surface area (Å²) in [5.74, 6) is -4.34. The lowest BCUT2D eigenvalue weighted by Crippen LogP contribution is -2.44. The molecule has 1 saturated heterocycles. The number of carbonyl (C=O) groups excluding carboxylic acids is 1. The smallest absolute Gasteiger partial charge is 0.243 e. The molecule has 1 amide bonds. The van der Waals surface area contributed by atoms with E-state index in [2.05, 4.69) is 34.4 Å². The van der Waals surface area contributed by atoms with E-state index in [0.29, 0.717) is 5.96 Å². The van der Waals surface area contributed by atoms with Crippen molar-refractivity contribution in [3.63, 3.8) is 0 Å². The summed E-state index contributed by atoms with van der Waals surface area (Å²) in [6.07, 6.45) is 2.09. The Bertz CT molecular complexity index is 680. The second-order valence-corrected chi connectivity index (χ2v) is 6.51. The van der Waals surface area contributed by atoms with Gasteiger partial charge in [-0.25, -0.2) is 13.2 Å². The zero-order chi connectivity index (χ0) is 18.6. The second kappa shape index (κ2) is 7.76. The minimum atomic E-state index is -1.61. The van der Waals surface area contributed by atoms with Gasteiger partial charge in [0.15, 0.2) is 23.4 Å². The van der Waals surface area contributed by atoms with Crippen LogP contribution in [0.3, 0.4) is 0 Å². The molecule has 1 aliphatic heterocycles. The van der Waals surface area contributed by atoms with Crippen molar-refractivity contribution in [3.8, 4) is 0 Å². The molecule has 138 valence electrons. The maximum atomic E-state index is 13.6. The number of aliphatic imine (C=N–C) groups is 1. The van der Waals surface area contributed by atoms with Crippen molar-refractivity contribution >= 4 is 17.6 Å². The minimum absolute atomic E-state index is 0.162. The van der Waals surface area contributed by atoms with Gasteiger partial charge in [0.2, 0.25) is 5.91 Å². The molecule has 5 nitrogen and oxygen atoms in total. The first-order chi connectivity index (χ1) is 11.8. The van der Waals surface area contributed by atoms with E-state index in [1.54, 1.807) is 7.05 Å². The molecule has 1 atom stereocenters. The SMILES string of the molecule is CCC1(C)CCN(C(=NC)NCC(=O)Nc2ccc(F)c(F)c2F)C1. The van der Waals surface area contributed by atoms with Crippen molar-refractivity contribution in [2.45, 2.75) is 26.7 Å². The molecule has 0 aromatic heterocycles. The fourth-order valence-electron chi connectivity index (χ4n) is 2.80. The van der Waals surface area contributed by atoms with Crippen LogP contribution >= 0.6 is 0 Å². The first-order valence-electron chi connectivity index (χ1n) is 8.18. The molecule has 1 fully saturated rings. The molecule has 0 radical (unpaired) electrons. The fourth-order valence-corrected chi connectivity index (χ4v) is 2.80. The van der Waals surface area contributed by atoms with Gasteiger partial charge < -0.3 is 15.5 Å². The Morgan fingerprint density at radius 2 is 2.04 bits per heavy atom. The monoisotopic (exact) mass is 356 g/mol. The Balaban J connectivity index is 1.92. The van der Waals surface area contributed by atoms with Gasteiger partial charge >= 0.3 is 0 Å². The van der Waals surface area contributed by atoms with E-state index in [4.69, 9.17) is 0 Å². The van der Waals surface area contributed by atoms with E-state index >= 15 is 0 Å². The average Bonchev–Trinajstić information content (AvgIpc) is 2.99. The third-order valence-corrected chi connectivity index (χ3v) is 4.64. The van der Waals surface area contributed by atoms with Crippen LogP contribution in [0.5, 0.6) is 0 Å². The van der Waals surface area contributed by atoms with Crippen molar-refractivity contribution in [2.75, 3.05) is 32.0 Å². The van der Waals surface area contributed by atoms with E-state index in [1.165, 1.54) is 0 Å². The van der Waals surface area contributed by atoms with Crippen LogP contribution in [0.25, 0.3) is 0 Å². The molecule has 25 heavy (non-hydrogen) atoms. The van der Waals surface area contributed by atoms with Crippen LogP contribution in [0.15, 0.2) is 17.1 Å². The van der Waals surface area contributed by atoms with Gasteiger partial charge in [-0.3, -0.25) is 9.79 Å². The summed E-state index contributed by atoms with van der Waals surface area (Å²) in [6.45, 7) is 5.86. The highest BCUT2D eigenvalue weighted by Gasteiger charge is 2.33. The minimum Gasteiger partial charge on any atom is -0.347 e. The van der Waals surface area contributed by atoms with Crippen LogP contribution in [0, 0.1) is 22.9 Å². The van der Waals surface area contributed by atoms with E-state index in [0.717, 1.165) is 38.1 Å². The zero-order valence-electron chi connectivity index (χ0n) is 14.6. The van der Waals surface area contributed by atoms with Crippen LogP contribution in [-0.2, 0) is 4.79 Å². The zero-order valence-corrected chi connectivity index (χ0v) is 14.6. The molecule has 2 rings (SSSR count). The van der Waals surface area contributed by atoms with Crippen LogP contribution in [-0.4, -0.2) is 43.4 Å². The number of guanidine groups is 1. The van der Waals surface area contributed by atoms with Gasteiger partial charge in [0.1, 0.15) is 0 Å². The van der Waals surface area contributed by atoms with Crippen molar-refractivity contribution in [1.29, 1.82) is 0 Å². The molecule has 1 aliphatic rings. The van der Waals surface area contributed by atoms with E-state index < -0.39 is 29.0 Å². The quantitative estimate of drug-likeness (QED) is 0.496. The van der Waals surface area contributed by atoms with Crippen LogP contribution in [0.2, 0.25) is 0 Å². The Labute approximate surface area is 145 Å². The lowest BCUT2D eigenvalue weighted by Gasteiger charge is -2.25. The highest BCUT2D eigenvalue weighted by molar-refractivity contribution is 5.95. The number of nitrogens with one attached hydrogen (secondary N) is 2. The third kappa shape index (κ3) is 4.43. The summed E-state index contributed by atoms with van der Waals surface area (Å²) < 4.78 is 39.7. The first-order valence-corrected chi connectivity index (χ1v) is 8.18. The van der Waals surface area contributed by atoms with Crippen molar-refractivity contribution < 1.29 is 18.0 Å². The number of halogens is 3. The molecule has 1 heterocycles. The number of likely N-dealkylation sites (tertiary alicyclic amines) is 1. The summed E-state index contributed by atoms with van der Waals surface area (Å²) in [5, 5.41) is 5.13. The molecular formula is C17H23F3N4O. The number of anilines is 1. The highest BCUT2D eigenvalue weighted by Crippen LogP contribution is 2.32. The lowest BCUT2D eigenvalue weighted by atomic mass is 9.87. The van der Waals surface area contributed by atoms with Gasteiger partial charge in [0, 0.05) is 20.1 Å². The summed E-state index contributed by atoms with van der Waals surface area (Å²) in [6, 6.07) is 1.74. The van der Waals surface area contributed by atoms with Gasteiger partial charge in [0.25, 0.3) is 0 Å². The number of rotatable bonds is 4. The number of nitrogens with zero attached hydrogens (tertiary/aromatic N) is 2. The molecule has 1 unspecified atom stereocenters. The molecule has 1 aromatic rings. The first kappa shape index (κ1) is 19.1. The molecule has 0 bridgehead atoms. The van der Waals surface area contributed by atoms with Crippen LogP contribution in [0.4, 0.5) is 18.9 Å². The normalized spacial score (nSPS) is 20.7. The Kier molecular flexibility index (Phi) is 5.92. The summed E-state index contributed by atoms with van der Waals surface area (Å²) >= 11 is 0. The van der Waals surface area contributed by atoms with Crippen molar-refractivity contribution in [1.82, 2.24) is 10.2 Å². The number of hydrogen-bond acceptors (Lipinski definition) is 2. The predicted octanol–water partition coefficient (Wildman–Crippen LogP) is 2.74. The van der Waals surface area contributed by atoms with E-state index in [1.807, 2.05) is 0 Å². The molecule has 1 aromatic carbocycles. The fraction of sp³-hybridized carbons (Fsp3) is 0.529. The molecule has 0 saturated carbocycles. The average molecular weight is 356 g/mol. The van der Waals surface area contributed by atoms with Gasteiger partial charge in [-0.1, -0.05) is 13.8 Å². The van der Waals surface area contributed by atoms with Crippen LogP contribution in [0.1, 0.15) is 26.7 Å². The Hall–Kier alpha value is -2.25. The van der Waals surface area contributed by atoms with Crippen LogP contribution < -0.4 is 10.6 Å². The Morgan fingerprint density at radius 1 is 1.32 bits per heavy atom. The highest BCUT2D eigenvalue weighted by atomic mass is 19.2. The van der Waals surface area contributed by atoms with Gasteiger partial charge in [-0.05, 0) is 30.4 Å². The van der Waals surface area contributed by atoms with E-state index in [-0.39, 0.29) is 12.0 Å². The lowest BCUT2D eigenvalue weighted by molar-refractivity contribution is -0.115. The number of benzene rings is 1. The number of hydrogen-bond donors (Lipinski definition) is 2. The maximum absolute atomic E-state index is 13.6. The topological polar surface area (TPSA) is 56.7 Å². The number of amides is 1. The maximum Gasteiger partial charge on any atom is 0.243 e. The van der Waals surface area contributed by atoms with Crippen molar-refractivity contribution in [2.24, 2.45) is 10.4 Å². The molecule has 8 heteroatoms. The molecular weight excluding hydrogens is 333 g/mol. The molecule has 0 spiro atoms. The summed E-state index contributed by atoms with van der Waals surface area (Å²) in [5.41, 5.74) is -0.185. The van der Waals surface area contributed by atoms with Gasteiger partial charge in [-0.15, -0.1) is 0 Å². The summed E-state index contributed by atoms with van der Waals surface area (Å²) in [7, 11) is 1.62. The Morgan fingerprint density at radius 3 is 2.64 bits per heavy atom. The van der Waals surface area contributed by atoms with E-state index in [9.17, 15) is 18.0 Å². The predicted molar refractivity (Wildman–Crippen MR) is 90.9 cm³/mol. The molecule has 0 aliphatic carbocycles. The van der Waals surface area contributed by atoms with Gasteiger partial charge in [0.05, 0.1) is 12.2 Å².